The van der Waals surface area contributed by atoms with Crippen LogP contribution in [-0.2, 0) is 6.61 Å². The van der Waals surface area contributed by atoms with Crippen molar-refractivity contribution in [3.63, 3.8) is 0 Å². The van der Waals surface area contributed by atoms with Crippen molar-refractivity contribution in [2.75, 3.05) is 0 Å². The zero-order valence-electron chi connectivity index (χ0n) is 8.94. The summed E-state index contributed by atoms with van der Waals surface area (Å²) in [6, 6.07) is 5.59. The summed E-state index contributed by atoms with van der Waals surface area (Å²) in [5.41, 5.74) is 1.90. The van der Waals surface area contributed by atoms with E-state index in [0.29, 0.717) is 6.04 Å². The third-order valence-corrected chi connectivity index (χ3v) is 2.63. The molecule has 0 unspecified atom stereocenters. The highest BCUT2D eigenvalue weighted by Crippen LogP contribution is 2.27. The predicted molar refractivity (Wildman–Crippen MR) is 59.9 cm³/mol. The summed E-state index contributed by atoms with van der Waals surface area (Å²) >= 11 is 0. The largest absolute Gasteiger partial charge is 0.508 e. The molecule has 2 N–H and O–H groups in total. The number of fused-ring (bicyclic) bond motifs is 1. The lowest BCUT2D eigenvalue weighted by atomic mass is 10.2. The Hall–Kier alpha value is -1.48. The van der Waals surface area contributed by atoms with Gasteiger partial charge in [0.05, 0.1) is 6.61 Å². The van der Waals surface area contributed by atoms with Gasteiger partial charge in [-0.2, -0.15) is 0 Å². The molecule has 0 spiro atoms. The molecule has 0 aliphatic heterocycles. The summed E-state index contributed by atoms with van der Waals surface area (Å²) in [5.74, 6) is 0.235. The number of aromatic hydroxyl groups is 1. The fourth-order valence-electron chi connectivity index (χ4n) is 1.87. The number of phenols is 1. The lowest BCUT2D eigenvalue weighted by Crippen LogP contribution is -1.97. The van der Waals surface area contributed by atoms with Crippen LogP contribution < -0.4 is 0 Å². The van der Waals surface area contributed by atoms with Gasteiger partial charge in [-0.3, -0.25) is 0 Å². The number of nitrogens with zero attached hydrogens (tertiary/aromatic N) is 1. The quantitative estimate of drug-likeness (QED) is 0.790. The molecule has 80 valence electrons. The number of aliphatic hydroxyl groups excluding tert-OH is 1. The van der Waals surface area contributed by atoms with Crippen LogP contribution in [0.5, 0.6) is 5.75 Å². The highest BCUT2D eigenvalue weighted by Gasteiger charge is 2.10. The van der Waals surface area contributed by atoms with Crippen LogP contribution >= 0.6 is 0 Å². The average Bonchev–Trinajstić information content (AvgIpc) is 2.55. The van der Waals surface area contributed by atoms with E-state index in [-0.39, 0.29) is 12.4 Å². The molecule has 0 saturated heterocycles. The summed E-state index contributed by atoms with van der Waals surface area (Å²) in [4.78, 5) is 0. The summed E-state index contributed by atoms with van der Waals surface area (Å²) in [5, 5.41) is 19.6. The predicted octanol–water partition coefficient (Wildman–Crippen LogP) is 2.42. The van der Waals surface area contributed by atoms with Crippen LogP contribution in [0.25, 0.3) is 10.9 Å². The van der Waals surface area contributed by atoms with Crippen molar-refractivity contribution in [2.24, 2.45) is 0 Å². The van der Waals surface area contributed by atoms with Crippen LogP contribution in [0.4, 0.5) is 0 Å². The van der Waals surface area contributed by atoms with Crippen LogP contribution in [0.15, 0.2) is 24.4 Å². The minimum absolute atomic E-state index is 0.000324. The molecule has 0 aliphatic rings. The molecule has 3 nitrogen and oxygen atoms in total. The van der Waals surface area contributed by atoms with Crippen molar-refractivity contribution >= 4 is 10.9 Å². The Kier molecular flexibility index (Phi) is 2.40. The molecule has 0 bridgehead atoms. The average molecular weight is 205 g/mol. The van der Waals surface area contributed by atoms with Gasteiger partial charge < -0.3 is 14.8 Å². The van der Waals surface area contributed by atoms with Gasteiger partial charge in [0.15, 0.2) is 0 Å². The first-order valence-electron chi connectivity index (χ1n) is 5.06. The van der Waals surface area contributed by atoms with Crippen molar-refractivity contribution in [2.45, 2.75) is 26.5 Å². The maximum absolute atomic E-state index is 9.41. The molecule has 1 aromatic heterocycles. The molecule has 0 aliphatic carbocycles. The first-order chi connectivity index (χ1) is 7.13. The van der Waals surface area contributed by atoms with Gasteiger partial charge >= 0.3 is 0 Å². The number of hydrogen-bond acceptors (Lipinski definition) is 2. The molecule has 0 saturated carbocycles. The molecule has 3 heteroatoms. The monoisotopic (exact) mass is 205 g/mol. The lowest BCUT2D eigenvalue weighted by Gasteiger charge is -2.08. The second kappa shape index (κ2) is 3.59. The van der Waals surface area contributed by atoms with Crippen LogP contribution in [0.1, 0.15) is 25.5 Å². The topological polar surface area (TPSA) is 45.4 Å². The van der Waals surface area contributed by atoms with Crippen LogP contribution in [-0.4, -0.2) is 14.8 Å². The van der Waals surface area contributed by atoms with Gasteiger partial charge in [-0.1, -0.05) is 0 Å². The van der Waals surface area contributed by atoms with E-state index in [1.807, 2.05) is 12.3 Å². The maximum atomic E-state index is 9.41. The zero-order chi connectivity index (χ0) is 11.0. The Balaban J connectivity index is 2.75. The van der Waals surface area contributed by atoms with Crippen LogP contribution in [0, 0.1) is 0 Å². The molecule has 0 amide bonds. The Bertz CT molecular complexity index is 486. The summed E-state index contributed by atoms with van der Waals surface area (Å²) in [6.07, 6.45) is 1.94. The molecule has 15 heavy (non-hydrogen) atoms. The van der Waals surface area contributed by atoms with Gasteiger partial charge in [0.2, 0.25) is 0 Å². The Morgan fingerprint density at radius 3 is 2.67 bits per heavy atom. The SMILES string of the molecule is CC(C)n1cc(CO)c2cc(O)ccc21. The fraction of sp³-hybridized carbons (Fsp3) is 0.333. The fourth-order valence-corrected chi connectivity index (χ4v) is 1.87. The zero-order valence-corrected chi connectivity index (χ0v) is 8.94. The first kappa shape index (κ1) is 10.1. The summed E-state index contributed by atoms with van der Waals surface area (Å²) in [6.45, 7) is 4.18. The normalized spacial score (nSPS) is 11.5. The summed E-state index contributed by atoms with van der Waals surface area (Å²) in [7, 11) is 0. The molecular formula is C12H15NO2. The van der Waals surface area contributed by atoms with E-state index in [1.54, 1.807) is 12.1 Å². The first-order valence-corrected chi connectivity index (χ1v) is 5.06. The smallest absolute Gasteiger partial charge is 0.116 e. The van der Waals surface area contributed by atoms with Crippen LogP contribution in [0.3, 0.4) is 0 Å². The highest BCUT2D eigenvalue weighted by atomic mass is 16.3. The third kappa shape index (κ3) is 1.59. The van der Waals surface area contributed by atoms with E-state index >= 15 is 0 Å². The van der Waals surface area contributed by atoms with Gasteiger partial charge in [-0.15, -0.1) is 0 Å². The second-order valence-electron chi connectivity index (χ2n) is 4.01. The third-order valence-electron chi connectivity index (χ3n) is 2.63. The second-order valence-corrected chi connectivity index (χ2v) is 4.01. The van der Waals surface area contributed by atoms with Crippen molar-refractivity contribution in [3.05, 3.63) is 30.0 Å². The number of phenolic OH excluding ortho intramolecular Hbond substituents is 1. The van der Waals surface area contributed by atoms with Crippen LogP contribution in [0.2, 0.25) is 0 Å². The van der Waals surface area contributed by atoms with E-state index < -0.39 is 0 Å². The molecule has 1 aromatic carbocycles. The highest BCUT2D eigenvalue weighted by molar-refractivity contribution is 5.85. The van der Waals surface area contributed by atoms with E-state index in [1.165, 1.54) is 0 Å². The molecule has 0 fully saturated rings. The molecule has 2 aromatic rings. The molecule has 1 heterocycles. The van der Waals surface area contributed by atoms with Crippen molar-refractivity contribution in [1.29, 1.82) is 0 Å². The van der Waals surface area contributed by atoms with Crippen molar-refractivity contribution < 1.29 is 10.2 Å². The minimum atomic E-state index is -0.000324. The summed E-state index contributed by atoms with van der Waals surface area (Å²) < 4.78 is 2.10. The minimum Gasteiger partial charge on any atom is -0.508 e. The van der Waals surface area contributed by atoms with Crippen molar-refractivity contribution in [3.8, 4) is 5.75 Å². The van der Waals surface area contributed by atoms with Gasteiger partial charge in [0.1, 0.15) is 5.75 Å². The van der Waals surface area contributed by atoms with Gasteiger partial charge in [-0.25, -0.2) is 0 Å². The maximum Gasteiger partial charge on any atom is 0.116 e. The Morgan fingerprint density at radius 1 is 1.33 bits per heavy atom. The standard InChI is InChI=1S/C12H15NO2/c1-8(2)13-6-9(7-14)11-5-10(15)3-4-12(11)13/h3-6,8,14-15H,7H2,1-2H3. The number of hydrogen-bond donors (Lipinski definition) is 2. The number of rotatable bonds is 2. The van der Waals surface area contributed by atoms with Gasteiger partial charge in [0, 0.05) is 28.7 Å². The van der Waals surface area contributed by atoms with Gasteiger partial charge in [0.25, 0.3) is 0 Å². The van der Waals surface area contributed by atoms with E-state index in [4.69, 9.17) is 0 Å². The Labute approximate surface area is 88.6 Å². The lowest BCUT2D eigenvalue weighted by molar-refractivity contribution is 0.283. The van der Waals surface area contributed by atoms with Crippen molar-refractivity contribution in [1.82, 2.24) is 4.57 Å². The van der Waals surface area contributed by atoms with Gasteiger partial charge in [-0.05, 0) is 32.0 Å². The molecule has 2 rings (SSSR count). The van der Waals surface area contributed by atoms with E-state index in [0.717, 1.165) is 16.5 Å². The molecule has 0 radical (unpaired) electrons. The number of aromatic nitrogens is 1. The molecule has 0 atom stereocenters. The van der Waals surface area contributed by atoms with E-state index in [9.17, 15) is 10.2 Å². The van der Waals surface area contributed by atoms with E-state index in [2.05, 4.69) is 18.4 Å². The number of benzene rings is 1. The number of aliphatic hydroxyl groups is 1. The Morgan fingerprint density at radius 2 is 2.07 bits per heavy atom. The molecular weight excluding hydrogens is 190 g/mol.